The molecule has 23 heavy (non-hydrogen) atoms. The van der Waals surface area contributed by atoms with E-state index in [0.29, 0.717) is 34.5 Å². The molecule has 2 aliphatic heterocycles. The molecule has 1 fully saturated rings. The average molecular weight is 317 g/mol. The Morgan fingerprint density at radius 3 is 2.78 bits per heavy atom. The molecule has 0 aromatic carbocycles. The molecule has 0 spiro atoms. The standard InChI is InChI=1S/C16H20FN5O/c1-9-13(17)11-5-4-10-8-20(2)6-7-22(10)15-12(11)14(18-9)21(3)16(23)19-15/h10H,4-8H2,1-3H3. The number of rotatable bonds is 0. The Bertz CT molecular complexity index is 862. The molecule has 7 heteroatoms. The molecule has 6 nitrogen and oxygen atoms in total. The number of pyridine rings is 1. The SMILES string of the molecule is Cc1nc2c3c(nc(=O)n2C)N2CCN(C)CC2CCc3c1F. The molecule has 0 N–H and O–H groups in total. The molecule has 0 bridgehead atoms. The van der Waals surface area contributed by atoms with Crippen LogP contribution in [0.4, 0.5) is 10.2 Å². The van der Waals surface area contributed by atoms with Crippen LogP contribution in [0.1, 0.15) is 17.7 Å². The van der Waals surface area contributed by atoms with E-state index in [0.717, 1.165) is 26.1 Å². The van der Waals surface area contributed by atoms with Crippen molar-refractivity contribution in [1.82, 2.24) is 19.4 Å². The summed E-state index contributed by atoms with van der Waals surface area (Å²) in [6, 6.07) is 0.253. The second-order valence-corrected chi connectivity index (χ2v) is 6.61. The third kappa shape index (κ3) is 2.06. The van der Waals surface area contributed by atoms with Gasteiger partial charge in [0.1, 0.15) is 17.3 Å². The van der Waals surface area contributed by atoms with Crippen molar-refractivity contribution in [2.45, 2.75) is 25.8 Å². The van der Waals surface area contributed by atoms with Crippen LogP contribution in [0.25, 0.3) is 11.0 Å². The van der Waals surface area contributed by atoms with Gasteiger partial charge in [-0.15, -0.1) is 0 Å². The fraction of sp³-hybridized carbons (Fsp3) is 0.562. The van der Waals surface area contributed by atoms with E-state index >= 15 is 0 Å². The first-order valence-corrected chi connectivity index (χ1v) is 7.98. The zero-order chi connectivity index (χ0) is 16.3. The second-order valence-electron chi connectivity index (χ2n) is 6.61. The maximum atomic E-state index is 14.7. The zero-order valence-corrected chi connectivity index (χ0v) is 13.6. The number of hydrogen-bond donors (Lipinski definition) is 0. The molecule has 2 aromatic heterocycles. The fourth-order valence-electron chi connectivity index (χ4n) is 3.81. The first-order valence-electron chi connectivity index (χ1n) is 7.98. The number of likely N-dealkylation sites (N-methyl/N-ethyl adjacent to an activating group) is 1. The van der Waals surface area contributed by atoms with E-state index in [9.17, 15) is 9.18 Å². The van der Waals surface area contributed by atoms with Crippen LogP contribution in [0, 0.1) is 12.7 Å². The predicted molar refractivity (Wildman–Crippen MR) is 86.4 cm³/mol. The third-order valence-corrected chi connectivity index (χ3v) is 5.10. The summed E-state index contributed by atoms with van der Waals surface area (Å²) in [5.41, 5.74) is 1.20. The molecule has 1 unspecified atom stereocenters. The van der Waals surface area contributed by atoms with Crippen LogP contribution in [0.3, 0.4) is 0 Å². The molecule has 2 aromatic rings. The van der Waals surface area contributed by atoms with Gasteiger partial charge in [0.25, 0.3) is 0 Å². The molecule has 0 aliphatic carbocycles. The fourth-order valence-corrected chi connectivity index (χ4v) is 3.81. The van der Waals surface area contributed by atoms with Crippen molar-refractivity contribution in [3.8, 4) is 0 Å². The Labute approximate surface area is 133 Å². The van der Waals surface area contributed by atoms with Crippen molar-refractivity contribution < 1.29 is 4.39 Å². The van der Waals surface area contributed by atoms with Crippen LogP contribution >= 0.6 is 0 Å². The lowest BCUT2D eigenvalue weighted by Gasteiger charge is -2.40. The summed E-state index contributed by atoms with van der Waals surface area (Å²) in [4.78, 5) is 25.4. The highest BCUT2D eigenvalue weighted by Gasteiger charge is 2.33. The van der Waals surface area contributed by atoms with Crippen molar-refractivity contribution in [1.29, 1.82) is 0 Å². The zero-order valence-electron chi connectivity index (χ0n) is 13.6. The minimum atomic E-state index is -0.337. The first-order chi connectivity index (χ1) is 11.0. The smallest absolute Gasteiger partial charge is 0.350 e. The Morgan fingerprint density at radius 1 is 1.22 bits per heavy atom. The van der Waals surface area contributed by atoms with E-state index in [-0.39, 0.29) is 17.5 Å². The monoisotopic (exact) mass is 317 g/mol. The van der Waals surface area contributed by atoms with Crippen molar-refractivity contribution in [2.24, 2.45) is 7.05 Å². The van der Waals surface area contributed by atoms with Crippen molar-refractivity contribution in [2.75, 3.05) is 31.6 Å². The van der Waals surface area contributed by atoms with Gasteiger partial charge >= 0.3 is 5.69 Å². The van der Waals surface area contributed by atoms with Gasteiger partial charge in [-0.2, -0.15) is 4.98 Å². The highest BCUT2D eigenvalue weighted by molar-refractivity contribution is 5.91. The van der Waals surface area contributed by atoms with Crippen molar-refractivity contribution in [3.63, 3.8) is 0 Å². The van der Waals surface area contributed by atoms with E-state index in [2.05, 4.69) is 26.8 Å². The van der Waals surface area contributed by atoms with E-state index in [1.807, 2.05) is 0 Å². The molecule has 1 saturated heterocycles. The maximum Gasteiger partial charge on any atom is 0.350 e. The molecular formula is C16H20FN5O. The summed E-state index contributed by atoms with van der Waals surface area (Å²) in [7, 11) is 3.74. The number of aryl methyl sites for hydroxylation is 3. The van der Waals surface area contributed by atoms with Crippen molar-refractivity contribution in [3.05, 3.63) is 27.6 Å². The summed E-state index contributed by atoms with van der Waals surface area (Å²) in [6.07, 6.45) is 1.50. The Hall–Kier alpha value is -2.02. The molecule has 122 valence electrons. The van der Waals surface area contributed by atoms with Crippen LogP contribution in [0.15, 0.2) is 4.79 Å². The topological polar surface area (TPSA) is 54.3 Å². The normalized spacial score (nSPS) is 21.4. The molecule has 2 aliphatic rings. The molecule has 1 atom stereocenters. The second kappa shape index (κ2) is 4.99. The number of halogens is 1. The number of fused-ring (bicyclic) bond motifs is 2. The number of anilines is 1. The third-order valence-electron chi connectivity index (χ3n) is 5.10. The molecular weight excluding hydrogens is 297 g/mol. The maximum absolute atomic E-state index is 14.7. The molecule has 0 amide bonds. The van der Waals surface area contributed by atoms with Gasteiger partial charge in [0.2, 0.25) is 0 Å². The van der Waals surface area contributed by atoms with E-state index in [4.69, 9.17) is 0 Å². The summed E-state index contributed by atoms with van der Waals surface area (Å²) >= 11 is 0. The van der Waals surface area contributed by atoms with Gasteiger partial charge in [-0.25, -0.2) is 14.2 Å². The summed E-state index contributed by atoms with van der Waals surface area (Å²) < 4.78 is 16.1. The van der Waals surface area contributed by atoms with Crippen molar-refractivity contribution >= 4 is 16.9 Å². The number of aromatic nitrogens is 3. The van der Waals surface area contributed by atoms with Gasteiger partial charge in [-0.1, -0.05) is 0 Å². The largest absolute Gasteiger partial charge is 0.350 e. The lowest BCUT2D eigenvalue weighted by molar-refractivity contribution is 0.260. The van der Waals surface area contributed by atoms with Gasteiger partial charge in [-0.05, 0) is 26.8 Å². The van der Waals surface area contributed by atoms with Crippen LogP contribution < -0.4 is 10.6 Å². The minimum Gasteiger partial charge on any atom is -0.350 e. The van der Waals surface area contributed by atoms with Gasteiger partial charge in [-0.3, -0.25) is 4.57 Å². The molecule has 4 rings (SSSR count). The molecule has 4 heterocycles. The minimum absolute atomic E-state index is 0.253. The summed E-state index contributed by atoms with van der Waals surface area (Å²) in [6.45, 7) is 4.26. The summed E-state index contributed by atoms with van der Waals surface area (Å²) in [5.74, 6) is 0.354. The van der Waals surface area contributed by atoms with E-state index < -0.39 is 0 Å². The van der Waals surface area contributed by atoms with Gasteiger partial charge in [0.05, 0.1) is 11.1 Å². The number of piperazine rings is 1. The Morgan fingerprint density at radius 2 is 2.00 bits per heavy atom. The lowest BCUT2D eigenvalue weighted by Crippen LogP contribution is -2.52. The van der Waals surface area contributed by atoms with Crippen LogP contribution in [-0.2, 0) is 13.5 Å². The van der Waals surface area contributed by atoms with E-state index in [1.165, 1.54) is 4.57 Å². The average Bonchev–Trinajstić information content (AvgIpc) is 2.67. The van der Waals surface area contributed by atoms with Crippen LogP contribution in [0.5, 0.6) is 0 Å². The lowest BCUT2D eigenvalue weighted by atomic mass is 10.0. The van der Waals surface area contributed by atoms with Gasteiger partial charge < -0.3 is 9.80 Å². The Balaban J connectivity index is 2.06. The summed E-state index contributed by atoms with van der Waals surface area (Å²) in [5, 5.41) is 0.710. The van der Waals surface area contributed by atoms with Crippen LogP contribution in [0.2, 0.25) is 0 Å². The van der Waals surface area contributed by atoms with Crippen LogP contribution in [-0.4, -0.2) is 52.2 Å². The highest BCUT2D eigenvalue weighted by atomic mass is 19.1. The van der Waals surface area contributed by atoms with Gasteiger partial charge in [0, 0.05) is 38.3 Å². The van der Waals surface area contributed by atoms with Gasteiger partial charge in [0.15, 0.2) is 0 Å². The number of hydrogen-bond acceptors (Lipinski definition) is 5. The first kappa shape index (κ1) is 14.6. The predicted octanol–water partition coefficient (Wildman–Crippen LogP) is 0.843. The highest BCUT2D eigenvalue weighted by Crippen LogP contribution is 2.35. The molecule has 0 saturated carbocycles. The Kier molecular flexibility index (Phi) is 3.16. The number of nitrogens with zero attached hydrogens (tertiary/aromatic N) is 5. The quantitative estimate of drug-likeness (QED) is 0.721. The van der Waals surface area contributed by atoms with E-state index in [1.54, 1.807) is 14.0 Å². The molecule has 0 radical (unpaired) electrons.